The zero-order valence-electron chi connectivity index (χ0n) is 13.1. The summed E-state index contributed by atoms with van der Waals surface area (Å²) in [7, 11) is -3.21. The Bertz CT molecular complexity index is 491. The van der Waals surface area contributed by atoms with Crippen molar-refractivity contribution in [2.45, 2.75) is 45.3 Å². The number of allylic oxidation sites excluding steroid dienone is 4. The van der Waals surface area contributed by atoms with Crippen molar-refractivity contribution in [3.8, 4) is 0 Å². The SMILES string of the molecule is C=C/C(=C\C=C\C)NC(=O)CCCCNS(=O)(=O)C(C)C. The zero-order chi connectivity index (χ0) is 16.3. The molecule has 0 radical (unpaired) electrons. The van der Waals surface area contributed by atoms with E-state index < -0.39 is 15.3 Å². The fourth-order valence-electron chi connectivity index (χ4n) is 1.38. The third-order valence-corrected chi connectivity index (χ3v) is 4.57. The summed E-state index contributed by atoms with van der Waals surface area (Å²) in [6, 6.07) is 0. The van der Waals surface area contributed by atoms with E-state index in [1.807, 2.05) is 19.1 Å². The first-order valence-electron chi connectivity index (χ1n) is 7.07. The van der Waals surface area contributed by atoms with E-state index in [4.69, 9.17) is 0 Å². The van der Waals surface area contributed by atoms with E-state index in [9.17, 15) is 13.2 Å². The Hall–Kier alpha value is -1.40. The van der Waals surface area contributed by atoms with Crippen molar-refractivity contribution in [1.82, 2.24) is 10.0 Å². The molecule has 0 aliphatic carbocycles. The molecular formula is C15H26N2O3S. The number of nitrogens with one attached hydrogen (secondary N) is 2. The predicted molar refractivity (Wildman–Crippen MR) is 87.1 cm³/mol. The van der Waals surface area contributed by atoms with Gasteiger partial charge in [-0.3, -0.25) is 4.79 Å². The van der Waals surface area contributed by atoms with Gasteiger partial charge in [-0.1, -0.05) is 18.7 Å². The highest BCUT2D eigenvalue weighted by Gasteiger charge is 2.14. The molecular weight excluding hydrogens is 288 g/mol. The molecule has 0 aromatic rings. The molecule has 0 spiro atoms. The lowest BCUT2D eigenvalue weighted by molar-refractivity contribution is -0.120. The van der Waals surface area contributed by atoms with Crippen LogP contribution in [0.3, 0.4) is 0 Å². The lowest BCUT2D eigenvalue weighted by Gasteiger charge is -2.09. The normalized spacial score (nSPS) is 12.9. The van der Waals surface area contributed by atoms with Gasteiger partial charge in [0.2, 0.25) is 15.9 Å². The predicted octanol–water partition coefficient (Wildman–Crippen LogP) is 2.25. The molecule has 0 saturated heterocycles. The largest absolute Gasteiger partial charge is 0.326 e. The second-order valence-corrected chi connectivity index (χ2v) is 7.17. The number of carbonyl (C=O) groups excluding carboxylic acids is 1. The van der Waals surface area contributed by atoms with E-state index in [0.717, 1.165) is 0 Å². The highest BCUT2D eigenvalue weighted by Crippen LogP contribution is 2.00. The Morgan fingerprint density at radius 2 is 1.95 bits per heavy atom. The van der Waals surface area contributed by atoms with Gasteiger partial charge >= 0.3 is 0 Å². The fourth-order valence-corrected chi connectivity index (χ4v) is 2.14. The third-order valence-electron chi connectivity index (χ3n) is 2.73. The molecule has 0 atom stereocenters. The number of unbranched alkanes of at least 4 members (excludes halogenated alkanes) is 1. The molecule has 6 heteroatoms. The van der Waals surface area contributed by atoms with E-state index in [1.54, 1.807) is 26.0 Å². The molecule has 0 fully saturated rings. The maximum atomic E-state index is 11.7. The Kier molecular flexibility index (Phi) is 9.65. The maximum Gasteiger partial charge on any atom is 0.224 e. The van der Waals surface area contributed by atoms with Gasteiger partial charge in [0.05, 0.1) is 5.25 Å². The van der Waals surface area contributed by atoms with Crippen LogP contribution in [-0.4, -0.2) is 26.1 Å². The molecule has 0 saturated carbocycles. The highest BCUT2D eigenvalue weighted by atomic mass is 32.2. The van der Waals surface area contributed by atoms with Crippen molar-refractivity contribution in [2.75, 3.05) is 6.54 Å². The van der Waals surface area contributed by atoms with Crippen LogP contribution in [0.25, 0.3) is 0 Å². The van der Waals surface area contributed by atoms with Crippen LogP contribution < -0.4 is 10.0 Å². The van der Waals surface area contributed by atoms with Crippen LogP contribution in [0.4, 0.5) is 0 Å². The Morgan fingerprint density at radius 1 is 1.29 bits per heavy atom. The molecule has 2 N–H and O–H groups in total. The van der Waals surface area contributed by atoms with Crippen LogP contribution in [0.2, 0.25) is 0 Å². The van der Waals surface area contributed by atoms with Gasteiger partial charge in [-0.05, 0) is 45.8 Å². The summed E-state index contributed by atoms with van der Waals surface area (Å²) in [5.74, 6) is -0.0997. The van der Waals surface area contributed by atoms with E-state index in [2.05, 4.69) is 16.6 Å². The molecule has 0 unspecified atom stereocenters. The Morgan fingerprint density at radius 3 is 2.48 bits per heavy atom. The van der Waals surface area contributed by atoms with Crippen molar-refractivity contribution >= 4 is 15.9 Å². The summed E-state index contributed by atoms with van der Waals surface area (Å²) < 4.78 is 25.5. The monoisotopic (exact) mass is 314 g/mol. The maximum absolute atomic E-state index is 11.7. The fraction of sp³-hybridized carbons (Fsp3) is 0.533. The zero-order valence-corrected chi connectivity index (χ0v) is 13.9. The number of sulfonamides is 1. The van der Waals surface area contributed by atoms with Crippen LogP contribution in [0.5, 0.6) is 0 Å². The first-order chi connectivity index (χ1) is 9.83. The average Bonchev–Trinajstić information content (AvgIpc) is 2.42. The number of amides is 1. The van der Waals surface area contributed by atoms with Gasteiger partial charge in [0.1, 0.15) is 0 Å². The molecule has 0 heterocycles. The van der Waals surface area contributed by atoms with Crippen molar-refractivity contribution in [3.05, 3.63) is 36.6 Å². The first-order valence-corrected chi connectivity index (χ1v) is 8.62. The van der Waals surface area contributed by atoms with Gasteiger partial charge < -0.3 is 5.32 Å². The summed E-state index contributed by atoms with van der Waals surface area (Å²) >= 11 is 0. The molecule has 120 valence electrons. The first kappa shape index (κ1) is 19.6. The molecule has 0 aliphatic rings. The van der Waals surface area contributed by atoms with Crippen LogP contribution in [0, 0.1) is 0 Å². The third kappa shape index (κ3) is 9.20. The summed E-state index contributed by atoms with van der Waals surface area (Å²) in [5, 5.41) is 2.30. The van der Waals surface area contributed by atoms with Gasteiger partial charge in [0, 0.05) is 18.7 Å². The van der Waals surface area contributed by atoms with Crippen molar-refractivity contribution in [3.63, 3.8) is 0 Å². The van der Waals surface area contributed by atoms with Gasteiger partial charge in [-0.2, -0.15) is 0 Å². The summed E-state index contributed by atoms with van der Waals surface area (Å²) in [4.78, 5) is 11.7. The minimum Gasteiger partial charge on any atom is -0.326 e. The minimum atomic E-state index is -3.21. The Labute approximate surface area is 128 Å². The summed E-state index contributed by atoms with van der Waals surface area (Å²) in [6.45, 7) is 9.13. The number of rotatable bonds is 10. The lowest BCUT2D eigenvalue weighted by atomic mass is 10.2. The number of carbonyl (C=O) groups is 1. The standard InChI is InChI=1S/C15H26N2O3S/c1-5-7-10-14(6-2)17-15(18)11-8-9-12-16-21(19,20)13(3)4/h5-7,10,13,16H,2,8-9,11-12H2,1,3-4H3,(H,17,18)/b7-5+,14-10+. The average molecular weight is 314 g/mol. The number of hydrogen-bond donors (Lipinski definition) is 2. The molecule has 0 bridgehead atoms. The minimum absolute atomic E-state index is 0.0997. The van der Waals surface area contributed by atoms with Crippen LogP contribution in [-0.2, 0) is 14.8 Å². The molecule has 0 aromatic carbocycles. The van der Waals surface area contributed by atoms with Crippen molar-refractivity contribution in [2.24, 2.45) is 0 Å². The highest BCUT2D eigenvalue weighted by molar-refractivity contribution is 7.90. The quantitative estimate of drug-likeness (QED) is 0.480. The molecule has 1 amide bonds. The Balaban J connectivity index is 3.98. The smallest absolute Gasteiger partial charge is 0.224 e. The van der Waals surface area contributed by atoms with Gasteiger partial charge in [-0.25, -0.2) is 13.1 Å². The summed E-state index contributed by atoms with van der Waals surface area (Å²) in [5.41, 5.74) is 0.651. The van der Waals surface area contributed by atoms with Gasteiger partial charge in [0.25, 0.3) is 0 Å². The van der Waals surface area contributed by atoms with E-state index in [0.29, 0.717) is 31.5 Å². The molecule has 5 nitrogen and oxygen atoms in total. The molecule has 0 rings (SSSR count). The van der Waals surface area contributed by atoms with Gasteiger partial charge in [0.15, 0.2) is 0 Å². The van der Waals surface area contributed by atoms with Crippen LogP contribution >= 0.6 is 0 Å². The lowest BCUT2D eigenvalue weighted by Crippen LogP contribution is -2.31. The van der Waals surface area contributed by atoms with Crippen molar-refractivity contribution in [1.29, 1.82) is 0 Å². The second kappa shape index (κ2) is 10.3. The van der Waals surface area contributed by atoms with Crippen LogP contribution in [0.15, 0.2) is 36.6 Å². The molecule has 21 heavy (non-hydrogen) atoms. The van der Waals surface area contributed by atoms with Crippen molar-refractivity contribution < 1.29 is 13.2 Å². The molecule has 0 aliphatic heterocycles. The number of hydrogen-bond acceptors (Lipinski definition) is 3. The summed E-state index contributed by atoms with van der Waals surface area (Å²) in [6.07, 6.45) is 8.62. The van der Waals surface area contributed by atoms with E-state index in [-0.39, 0.29) is 5.91 Å². The van der Waals surface area contributed by atoms with E-state index in [1.165, 1.54) is 0 Å². The topological polar surface area (TPSA) is 75.3 Å². The van der Waals surface area contributed by atoms with E-state index >= 15 is 0 Å². The van der Waals surface area contributed by atoms with Crippen LogP contribution in [0.1, 0.15) is 40.0 Å². The molecule has 0 aromatic heterocycles. The van der Waals surface area contributed by atoms with Gasteiger partial charge in [-0.15, -0.1) is 0 Å². The second-order valence-electron chi connectivity index (χ2n) is 4.85.